The number of aliphatic hydroxyl groups is 11. The van der Waals surface area contributed by atoms with E-state index in [4.69, 9.17) is 28.4 Å². The van der Waals surface area contributed by atoms with Crippen LogP contribution in [0.1, 0.15) is 309 Å². The van der Waals surface area contributed by atoms with Gasteiger partial charge < -0.3 is 89.9 Å². The number of carbonyl (C=O) groups excluding carboxylic acids is 1. The monoisotopic (exact) mass is 1300 g/mol. The van der Waals surface area contributed by atoms with E-state index in [9.17, 15) is 61.0 Å². The van der Waals surface area contributed by atoms with Crippen molar-refractivity contribution >= 4 is 5.91 Å². The topological polar surface area (TPSA) is 307 Å². The fourth-order valence-electron chi connectivity index (χ4n) is 13.0. The van der Waals surface area contributed by atoms with E-state index in [-0.39, 0.29) is 18.9 Å². The number of amides is 1. The molecule has 19 nitrogen and oxygen atoms in total. The van der Waals surface area contributed by atoms with Gasteiger partial charge in [0.25, 0.3) is 0 Å². The molecule has 3 heterocycles. The van der Waals surface area contributed by atoms with Crippen molar-refractivity contribution in [2.45, 2.75) is 413 Å². The molecule has 3 saturated heterocycles. The lowest BCUT2D eigenvalue weighted by Crippen LogP contribution is -2.66. The third kappa shape index (κ3) is 36.1. The van der Waals surface area contributed by atoms with E-state index >= 15 is 0 Å². The number of allylic oxidation sites excluding steroid dienone is 2. The van der Waals surface area contributed by atoms with Crippen LogP contribution in [0.15, 0.2) is 12.2 Å². The minimum absolute atomic E-state index is 0.238. The van der Waals surface area contributed by atoms with Crippen LogP contribution in [0.4, 0.5) is 0 Å². The SMILES string of the molecule is CCCCCCCCCC/C=C\CCCCCCCCCCCCCCCCCCCCCCCCCC(=O)NC(COC1OC(CO)C(OC2OC(CO)C(OC3OC(CO)C(O)C(O)C3O)C(O)C2O)C(O)C1O)C(O)CCCCCCCCCCCCC. The molecule has 538 valence electrons. The molecule has 17 atom stereocenters. The predicted molar refractivity (Wildman–Crippen MR) is 356 cm³/mol. The van der Waals surface area contributed by atoms with E-state index in [1.54, 1.807) is 0 Å². The van der Waals surface area contributed by atoms with Gasteiger partial charge in [-0.3, -0.25) is 4.79 Å². The van der Waals surface area contributed by atoms with E-state index in [2.05, 4.69) is 31.3 Å². The molecule has 1 amide bonds. The first-order valence-electron chi connectivity index (χ1n) is 37.4. The molecule has 0 radical (unpaired) electrons. The predicted octanol–water partition coefficient (Wildman–Crippen LogP) is 10.8. The van der Waals surface area contributed by atoms with E-state index in [1.165, 1.54) is 231 Å². The summed E-state index contributed by atoms with van der Waals surface area (Å²) in [5.41, 5.74) is 0. The average molecular weight is 1300 g/mol. The Morgan fingerprint density at radius 2 is 0.692 bits per heavy atom. The maximum Gasteiger partial charge on any atom is 0.220 e. The molecule has 3 rings (SSSR count). The van der Waals surface area contributed by atoms with Crippen LogP contribution >= 0.6 is 0 Å². The Morgan fingerprint density at radius 1 is 0.385 bits per heavy atom. The van der Waals surface area contributed by atoms with Crippen molar-refractivity contribution in [2.24, 2.45) is 0 Å². The molecule has 12 N–H and O–H groups in total. The van der Waals surface area contributed by atoms with Crippen molar-refractivity contribution in [3.63, 3.8) is 0 Å². The summed E-state index contributed by atoms with van der Waals surface area (Å²) in [4.78, 5) is 13.4. The largest absolute Gasteiger partial charge is 0.394 e. The molecule has 0 spiro atoms. The molecule has 17 unspecified atom stereocenters. The summed E-state index contributed by atoms with van der Waals surface area (Å²) in [5, 5.41) is 121. The molecule has 3 aliphatic heterocycles. The fourth-order valence-corrected chi connectivity index (χ4v) is 13.0. The summed E-state index contributed by atoms with van der Waals surface area (Å²) >= 11 is 0. The van der Waals surface area contributed by atoms with Gasteiger partial charge in [0, 0.05) is 6.42 Å². The first-order valence-corrected chi connectivity index (χ1v) is 37.4. The van der Waals surface area contributed by atoms with Gasteiger partial charge in [-0.25, -0.2) is 0 Å². The molecule has 19 heteroatoms. The Labute approximate surface area is 550 Å². The van der Waals surface area contributed by atoms with Crippen LogP contribution in [0.25, 0.3) is 0 Å². The number of ether oxygens (including phenoxy) is 6. The highest BCUT2D eigenvalue weighted by Gasteiger charge is 2.53. The number of hydrogen-bond donors (Lipinski definition) is 12. The van der Waals surface area contributed by atoms with Crippen LogP contribution in [0.5, 0.6) is 0 Å². The molecule has 0 aromatic carbocycles. The summed E-state index contributed by atoms with van der Waals surface area (Å²) in [6, 6.07) is -0.882. The van der Waals surface area contributed by atoms with Gasteiger partial charge in [0.2, 0.25) is 5.91 Å². The van der Waals surface area contributed by atoms with Gasteiger partial charge in [-0.1, -0.05) is 276 Å². The summed E-state index contributed by atoms with van der Waals surface area (Å²) in [7, 11) is 0. The Morgan fingerprint density at radius 3 is 1.07 bits per heavy atom. The van der Waals surface area contributed by atoms with Crippen molar-refractivity contribution < 1.29 is 89.4 Å². The van der Waals surface area contributed by atoms with Crippen molar-refractivity contribution in [1.29, 1.82) is 0 Å². The summed E-state index contributed by atoms with van der Waals surface area (Å²) in [5.74, 6) is -0.238. The number of carbonyl (C=O) groups is 1. The number of hydrogen-bond acceptors (Lipinski definition) is 18. The third-order valence-corrected chi connectivity index (χ3v) is 19.1. The Balaban J connectivity index is 1.29. The highest BCUT2D eigenvalue weighted by molar-refractivity contribution is 5.76. The van der Waals surface area contributed by atoms with E-state index < -0.39 is 124 Å². The van der Waals surface area contributed by atoms with Crippen molar-refractivity contribution in [3.8, 4) is 0 Å². The zero-order chi connectivity index (χ0) is 66.1. The number of nitrogens with one attached hydrogen (secondary N) is 1. The van der Waals surface area contributed by atoms with E-state index in [1.807, 2.05) is 0 Å². The molecule has 0 aromatic rings. The lowest BCUT2D eigenvalue weighted by molar-refractivity contribution is -0.379. The second kappa shape index (κ2) is 54.5. The smallest absolute Gasteiger partial charge is 0.220 e. The van der Waals surface area contributed by atoms with Crippen molar-refractivity contribution in [3.05, 3.63) is 12.2 Å². The minimum atomic E-state index is -1.97. The standard InChI is InChI=1S/C72H137NO18/c1-3-5-7-9-11-13-15-16-17-18-19-20-21-22-23-24-25-26-27-28-29-30-31-32-33-34-35-36-37-38-40-42-44-46-48-50-60(78)73-55(56(77)49-47-45-43-41-39-14-12-10-8-6-4-2)54-86-70-66(84)63(81)68(58(52-75)88-70)91-72-67(85)64(82)69(59(53-76)89-72)90-71-65(83)62(80)61(79)57(51-74)87-71/h18-19,55-59,61-72,74-77,79-85H,3-17,20-54H2,1-2H3,(H,73,78)/b19-18-. The lowest BCUT2D eigenvalue weighted by Gasteiger charge is -2.48. The van der Waals surface area contributed by atoms with Gasteiger partial charge in [0.15, 0.2) is 18.9 Å². The van der Waals surface area contributed by atoms with Gasteiger partial charge in [-0.15, -0.1) is 0 Å². The Bertz CT molecular complexity index is 1700. The molecule has 0 bridgehead atoms. The summed E-state index contributed by atoms with van der Waals surface area (Å²) in [6.45, 7) is 1.81. The maximum absolute atomic E-state index is 13.4. The molecule has 3 fully saturated rings. The van der Waals surface area contributed by atoms with Gasteiger partial charge in [0.05, 0.1) is 38.6 Å². The van der Waals surface area contributed by atoms with Gasteiger partial charge >= 0.3 is 0 Å². The molecule has 0 aliphatic carbocycles. The molecule has 91 heavy (non-hydrogen) atoms. The molecular formula is C72H137NO18. The van der Waals surface area contributed by atoms with Gasteiger partial charge in [-0.2, -0.15) is 0 Å². The summed E-state index contributed by atoms with van der Waals surface area (Å²) in [6.07, 6.45) is 34.8. The lowest BCUT2D eigenvalue weighted by atomic mass is 9.96. The number of unbranched alkanes of at least 4 members (excludes halogenated alkanes) is 41. The third-order valence-electron chi connectivity index (χ3n) is 19.1. The Hall–Kier alpha value is -1.47. The van der Waals surface area contributed by atoms with Crippen molar-refractivity contribution in [1.82, 2.24) is 5.32 Å². The molecule has 0 aromatic heterocycles. The zero-order valence-electron chi connectivity index (χ0n) is 57.1. The van der Waals surface area contributed by atoms with Crippen LogP contribution in [-0.4, -0.2) is 193 Å². The van der Waals surface area contributed by atoms with Gasteiger partial charge in [-0.05, 0) is 38.5 Å². The van der Waals surface area contributed by atoms with Crippen LogP contribution in [-0.2, 0) is 33.2 Å². The molecule has 0 saturated carbocycles. The first kappa shape index (κ1) is 83.8. The van der Waals surface area contributed by atoms with Crippen LogP contribution < -0.4 is 5.32 Å². The van der Waals surface area contributed by atoms with Crippen LogP contribution in [0.3, 0.4) is 0 Å². The van der Waals surface area contributed by atoms with E-state index in [0.29, 0.717) is 12.8 Å². The Kier molecular flexibility index (Phi) is 50.2. The highest BCUT2D eigenvalue weighted by atomic mass is 16.8. The second-order valence-electron chi connectivity index (χ2n) is 27.1. The highest BCUT2D eigenvalue weighted by Crippen LogP contribution is 2.33. The number of rotatable bonds is 59. The molecular weight excluding hydrogens is 1170 g/mol. The van der Waals surface area contributed by atoms with E-state index in [0.717, 1.165) is 44.9 Å². The minimum Gasteiger partial charge on any atom is -0.394 e. The summed E-state index contributed by atoms with van der Waals surface area (Å²) < 4.78 is 34.4. The maximum atomic E-state index is 13.4. The number of aliphatic hydroxyl groups excluding tert-OH is 11. The molecule has 3 aliphatic rings. The fraction of sp³-hybridized carbons (Fsp3) is 0.958. The van der Waals surface area contributed by atoms with Crippen molar-refractivity contribution in [2.75, 3.05) is 26.4 Å². The zero-order valence-corrected chi connectivity index (χ0v) is 57.1. The van der Waals surface area contributed by atoms with Crippen LogP contribution in [0, 0.1) is 0 Å². The quantitative estimate of drug-likeness (QED) is 0.0199. The second-order valence-corrected chi connectivity index (χ2v) is 27.1. The van der Waals surface area contributed by atoms with Crippen LogP contribution in [0.2, 0.25) is 0 Å². The average Bonchev–Trinajstić information content (AvgIpc) is 1.05. The first-order chi connectivity index (χ1) is 44.3. The van der Waals surface area contributed by atoms with Gasteiger partial charge in [0.1, 0.15) is 73.2 Å². The normalized spacial score (nSPS) is 27.9.